The maximum Gasteiger partial charge on any atom is 0.415 e. The van der Waals surface area contributed by atoms with Gasteiger partial charge in [0.1, 0.15) is 11.4 Å². The van der Waals surface area contributed by atoms with E-state index in [0.29, 0.717) is 13.2 Å². The molecule has 182 valence electrons. The predicted octanol–water partition coefficient (Wildman–Crippen LogP) is 5.59. The van der Waals surface area contributed by atoms with Crippen molar-refractivity contribution in [3.8, 4) is 16.9 Å². The number of para-hydroxylation sites is 1. The molecule has 5 rings (SSSR count). The number of aromatic nitrogens is 1. The molecule has 3 heterocycles. The van der Waals surface area contributed by atoms with Gasteiger partial charge in [0.25, 0.3) is 0 Å². The number of amides is 1. The van der Waals surface area contributed by atoms with Crippen LogP contribution in [-0.4, -0.2) is 47.8 Å². The van der Waals surface area contributed by atoms with Gasteiger partial charge in [-0.15, -0.1) is 0 Å². The molecule has 3 aromatic rings. The van der Waals surface area contributed by atoms with E-state index in [1.54, 1.807) is 17.2 Å². The predicted molar refractivity (Wildman–Crippen MR) is 133 cm³/mol. The molecule has 1 aromatic heterocycles. The van der Waals surface area contributed by atoms with Crippen LogP contribution in [0.3, 0.4) is 0 Å². The van der Waals surface area contributed by atoms with Crippen molar-refractivity contribution in [2.45, 2.75) is 38.8 Å². The number of aryl methyl sites for hydroxylation is 1. The SMILES string of the molecule is CCOc1cc(CN2CCC3(CC2)CN(c2ccccc2)C(=O)O3)c(-c2ccc(F)nc2)cc1C. The molecule has 2 fully saturated rings. The second kappa shape index (κ2) is 9.66. The molecule has 0 N–H and O–H groups in total. The highest BCUT2D eigenvalue weighted by atomic mass is 19.1. The Labute approximate surface area is 205 Å². The number of carbonyl (C=O) groups excluding carboxylic acids is 1. The average molecular weight is 476 g/mol. The number of likely N-dealkylation sites (tertiary alicyclic amines) is 1. The van der Waals surface area contributed by atoms with Crippen LogP contribution >= 0.6 is 0 Å². The molecular formula is C28H30FN3O3. The zero-order valence-corrected chi connectivity index (χ0v) is 20.2. The summed E-state index contributed by atoms with van der Waals surface area (Å²) in [6.07, 6.45) is 2.87. The molecule has 2 aliphatic rings. The second-order valence-corrected chi connectivity index (χ2v) is 9.33. The van der Waals surface area contributed by atoms with Gasteiger partial charge < -0.3 is 9.47 Å². The minimum absolute atomic E-state index is 0.268. The van der Waals surface area contributed by atoms with Crippen LogP contribution in [0.5, 0.6) is 5.75 Å². The van der Waals surface area contributed by atoms with Crippen molar-refractivity contribution >= 4 is 11.8 Å². The lowest BCUT2D eigenvalue weighted by atomic mass is 9.90. The summed E-state index contributed by atoms with van der Waals surface area (Å²) in [6.45, 7) is 7.51. The molecule has 0 radical (unpaired) electrons. The Kier molecular flexibility index (Phi) is 6.43. The van der Waals surface area contributed by atoms with E-state index in [1.807, 2.05) is 44.2 Å². The summed E-state index contributed by atoms with van der Waals surface area (Å²) in [5, 5.41) is 0. The van der Waals surface area contributed by atoms with Crippen LogP contribution in [-0.2, 0) is 11.3 Å². The van der Waals surface area contributed by atoms with Crippen molar-refractivity contribution in [1.82, 2.24) is 9.88 Å². The van der Waals surface area contributed by atoms with E-state index >= 15 is 0 Å². The van der Waals surface area contributed by atoms with Gasteiger partial charge in [-0.25, -0.2) is 9.78 Å². The summed E-state index contributed by atoms with van der Waals surface area (Å²) in [4.78, 5) is 20.6. The Bertz CT molecular complexity index is 1190. The van der Waals surface area contributed by atoms with Crippen molar-refractivity contribution in [1.29, 1.82) is 0 Å². The van der Waals surface area contributed by atoms with Crippen molar-refractivity contribution in [3.05, 3.63) is 77.9 Å². The standard InChI is InChI=1S/C28H30FN3O3/c1-3-34-25-16-22(24(15-20(25)2)21-9-10-26(29)30-17-21)18-31-13-11-28(12-14-31)19-32(27(33)35-28)23-7-5-4-6-8-23/h4-10,15-17H,3,11-14,18-19H2,1-2H3. The Morgan fingerprint density at radius 1 is 1.11 bits per heavy atom. The van der Waals surface area contributed by atoms with Gasteiger partial charge in [0.15, 0.2) is 0 Å². The molecule has 1 spiro atoms. The molecule has 0 aliphatic carbocycles. The molecule has 6 nitrogen and oxygen atoms in total. The van der Waals surface area contributed by atoms with Gasteiger partial charge in [0.2, 0.25) is 5.95 Å². The molecule has 0 bridgehead atoms. The number of benzene rings is 2. The summed E-state index contributed by atoms with van der Waals surface area (Å²) >= 11 is 0. The number of ether oxygens (including phenoxy) is 2. The summed E-state index contributed by atoms with van der Waals surface area (Å²) in [6, 6.07) is 17.0. The maximum absolute atomic E-state index is 13.4. The summed E-state index contributed by atoms with van der Waals surface area (Å²) in [5.41, 5.74) is 4.48. The van der Waals surface area contributed by atoms with Gasteiger partial charge in [0, 0.05) is 49.9 Å². The highest BCUT2D eigenvalue weighted by Gasteiger charge is 2.47. The third-order valence-corrected chi connectivity index (χ3v) is 6.94. The maximum atomic E-state index is 13.4. The number of piperidine rings is 1. The molecule has 35 heavy (non-hydrogen) atoms. The molecule has 0 atom stereocenters. The second-order valence-electron chi connectivity index (χ2n) is 9.33. The van der Waals surface area contributed by atoms with E-state index in [0.717, 1.165) is 66.2 Å². The Morgan fingerprint density at radius 3 is 2.57 bits per heavy atom. The minimum Gasteiger partial charge on any atom is -0.494 e. The van der Waals surface area contributed by atoms with E-state index in [-0.39, 0.29) is 6.09 Å². The first-order valence-corrected chi connectivity index (χ1v) is 12.1. The van der Waals surface area contributed by atoms with Crippen LogP contribution in [0.2, 0.25) is 0 Å². The molecule has 2 aliphatic heterocycles. The highest BCUT2D eigenvalue weighted by molar-refractivity contribution is 5.90. The zero-order valence-electron chi connectivity index (χ0n) is 20.2. The van der Waals surface area contributed by atoms with Crippen LogP contribution < -0.4 is 9.64 Å². The van der Waals surface area contributed by atoms with Crippen LogP contribution in [0.25, 0.3) is 11.1 Å². The number of halogens is 1. The van der Waals surface area contributed by atoms with Crippen LogP contribution in [0, 0.1) is 12.9 Å². The first kappa shape index (κ1) is 23.3. The first-order valence-electron chi connectivity index (χ1n) is 12.1. The van der Waals surface area contributed by atoms with Gasteiger partial charge in [-0.2, -0.15) is 4.39 Å². The van der Waals surface area contributed by atoms with Crippen molar-refractivity contribution < 1.29 is 18.7 Å². The quantitative estimate of drug-likeness (QED) is 0.435. The highest BCUT2D eigenvalue weighted by Crippen LogP contribution is 2.37. The van der Waals surface area contributed by atoms with E-state index in [4.69, 9.17) is 9.47 Å². The smallest absolute Gasteiger partial charge is 0.415 e. The van der Waals surface area contributed by atoms with Gasteiger partial charge in [-0.05, 0) is 66.9 Å². The Morgan fingerprint density at radius 2 is 1.89 bits per heavy atom. The van der Waals surface area contributed by atoms with Gasteiger partial charge in [-0.1, -0.05) is 18.2 Å². The molecular weight excluding hydrogens is 445 g/mol. The lowest BCUT2D eigenvalue weighted by molar-refractivity contribution is -0.000951. The molecule has 0 saturated carbocycles. The topological polar surface area (TPSA) is 54.9 Å². The molecule has 2 saturated heterocycles. The zero-order chi connectivity index (χ0) is 24.4. The number of carbonyl (C=O) groups is 1. The lowest BCUT2D eigenvalue weighted by Gasteiger charge is -2.37. The number of hydrogen-bond acceptors (Lipinski definition) is 5. The van der Waals surface area contributed by atoms with Gasteiger partial charge >= 0.3 is 6.09 Å². The summed E-state index contributed by atoms with van der Waals surface area (Å²) in [7, 11) is 0. The fourth-order valence-corrected chi connectivity index (χ4v) is 5.03. The fraction of sp³-hybridized carbons (Fsp3) is 0.357. The Balaban J connectivity index is 1.33. The number of rotatable bonds is 6. The van der Waals surface area contributed by atoms with Crippen LogP contribution in [0.1, 0.15) is 30.9 Å². The number of anilines is 1. The van der Waals surface area contributed by atoms with Gasteiger partial charge in [-0.3, -0.25) is 9.80 Å². The largest absolute Gasteiger partial charge is 0.494 e. The summed E-state index contributed by atoms with van der Waals surface area (Å²) in [5.74, 6) is 0.368. The van der Waals surface area contributed by atoms with Crippen molar-refractivity contribution in [2.75, 3.05) is 31.1 Å². The molecule has 2 aromatic carbocycles. The molecule has 7 heteroatoms. The van der Waals surface area contributed by atoms with E-state index in [1.165, 1.54) is 6.07 Å². The lowest BCUT2D eigenvalue weighted by Crippen LogP contribution is -2.46. The number of hydrogen-bond donors (Lipinski definition) is 0. The van der Waals surface area contributed by atoms with Crippen LogP contribution in [0.15, 0.2) is 60.8 Å². The third kappa shape index (κ3) is 4.86. The van der Waals surface area contributed by atoms with E-state index in [9.17, 15) is 9.18 Å². The van der Waals surface area contributed by atoms with Crippen LogP contribution in [0.4, 0.5) is 14.9 Å². The number of nitrogens with zero attached hydrogens (tertiary/aromatic N) is 3. The first-order chi connectivity index (χ1) is 17.0. The monoisotopic (exact) mass is 475 g/mol. The average Bonchev–Trinajstić information content (AvgIpc) is 3.19. The van der Waals surface area contributed by atoms with Gasteiger partial charge in [0.05, 0.1) is 13.2 Å². The Hall–Kier alpha value is -3.45. The third-order valence-electron chi connectivity index (χ3n) is 6.94. The molecule has 1 amide bonds. The number of pyridine rings is 1. The van der Waals surface area contributed by atoms with E-state index < -0.39 is 11.5 Å². The van der Waals surface area contributed by atoms with Crippen molar-refractivity contribution in [2.24, 2.45) is 0 Å². The summed E-state index contributed by atoms with van der Waals surface area (Å²) < 4.78 is 25.2. The van der Waals surface area contributed by atoms with E-state index in [2.05, 4.69) is 22.0 Å². The fourth-order valence-electron chi connectivity index (χ4n) is 5.03. The normalized spacial score (nSPS) is 17.6. The molecule has 0 unspecified atom stereocenters. The van der Waals surface area contributed by atoms with Crippen molar-refractivity contribution in [3.63, 3.8) is 0 Å². The minimum atomic E-state index is -0.491.